The molecule has 0 aliphatic rings. The monoisotopic (exact) mass is 225 g/mol. The van der Waals surface area contributed by atoms with Crippen molar-refractivity contribution >= 4 is 5.82 Å². The van der Waals surface area contributed by atoms with Crippen LogP contribution in [0, 0.1) is 0 Å². The van der Waals surface area contributed by atoms with Crippen molar-refractivity contribution in [2.45, 2.75) is 45.6 Å². The predicted octanol–water partition coefficient (Wildman–Crippen LogP) is 2.36. The Labute approximate surface area is 97.8 Å². The van der Waals surface area contributed by atoms with Crippen LogP contribution in [0.5, 0.6) is 0 Å². The molecule has 0 saturated heterocycles. The summed E-state index contributed by atoms with van der Waals surface area (Å²) in [6.45, 7) is 9.30. The molecule has 4 nitrogen and oxygen atoms in total. The van der Waals surface area contributed by atoms with Gasteiger partial charge in [-0.1, -0.05) is 27.7 Å². The highest BCUT2D eigenvalue weighted by atomic mass is 16.5. The lowest BCUT2D eigenvalue weighted by Gasteiger charge is -2.24. The van der Waals surface area contributed by atoms with Crippen LogP contribution in [0.1, 0.15) is 45.9 Å². The van der Waals surface area contributed by atoms with E-state index in [-0.39, 0.29) is 11.5 Å². The molecule has 4 heteroatoms. The lowest BCUT2D eigenvalue weighted by Crippen LogP contribution is -2.24. The van der Waals surface area contributed by atoms with E-state index in [2.05, 4.69) is 32.8 Å². The normalized spacial score (nSPS) is 14.1. The van der Waals surface area contributed by atoms with Crippen LogP contribution in [0.15, 0.2) is 6.07 Å². The molecule has 0 fully saturated rings. The third kappa shape index (κ3) is 2.76. The van der Waals surface area contributed by atoms with Gasteiger partial charge in [-0.15, -0.1) is 0 Å². The van der Waals surface area contributed by atoms with E-state index in [9.17, 15) is 0 Å². The molecule has 0 aliphatic carbocycles. The summed E-state index contributed by atoms with van der Waals surface area (Å²) in [6, 6.07) is 2.22. The predicted molar refractivity (Wildman–Crippen MR) is 66.5 cm³/mol. The second-order valence-electron chi connectivity index (χ2n) is 5.17. The minimum Gasteiger partial charge on any atom is -0.382 e. The minimum absolute atomic E-state index is 0.0474. The lowest BCUT2D eigenvalue weighted by molar-refractivity contribution is 0.144. The number of hydrogen-bond acceptors (Lipinski definition) is 3. The Morgan fingerprint density at radius 1 is 1.50 bits per heavy atom. The Kier molecular flexibility index (Phi) is 3.97. The Morgan fingerprint density at radius 2 is 2.12 bits per heavy atom. The zero-order chi connectivity index (χ0) is 12.3. The number of ether oxygens (including phenoxy) is 1. The highest BCUT2D eigenvalue weighted by Gasteiger charge is 2.23. The van der Waals surface area contributed by atoms with Crippen molar-refractivity contribution in [3.05, 3.63) is 11.8 Å². The number of nitrogen functional groups attached to an aromatic ring is 1. The summed E-state index contributed by atoms with van der Waals surface area (Å²) in [6.07, 6.45) is 0.984. The molecule has 1 aromatic heterocycles. The summed E-state index contributed by atoms with van der Waals surface area (Å²) in [5.74, 6) is 0.583. The molecule has 2 N–H and O–H groups in total. The SMILES string of the molecule is CCC(COC)n1nc(N)cc1C(C)(C)C. The number of hydrogen-bond donors (Lipinski definition) is 1. The van der Waals surface area contributed by atoms with Crippen LogP contribution in [-0.4, -0.2) is 23.5 Å². The summed E-state index contributed by atoms with van der Waals surface area (Å²) in [4.78, 5) is 0. The van der Waals surface area contributed by atoms with Gasteiger partial charge in [0.2, 0.25) is 0 Å². The Hall–Kier alpha value is -1.03. The van der Waals surface area contributed by atoms with Crippen LogP contribution < -0.4 is 5.73 Å². The molecule has 16 heavy (non-hydrogen) atoms. The van der Waals surface area contributed by atoms with Gasteiger partial charge in [0.05, 0.1) is 12.6 Å². The average Bonchev–Trinajstić information content (AvgIpc) is 2.56. The van der Waals surface area contributed by atoms with E-state index in [0.717, 1.165) is 12.1 Å². The molecule has 0 aromatic carbocycles. The molecule has 0 saturated carbocycles. The molecule has 0 amide bonds. The molecule has 0 bridgehead atoms. The van der Waals surface area contributed by atoms with Crippen LogP contribution in [0.2, 0.25) is 0 Å². The van der Waals surface area contributed by atoms with Crippen molar-refractivity contribution in [1.82, 2.24) is 9.78 Å². The number of rotatable bonds is 4. The number of nitrogens with two attached hydrogens (primary N) is 1. The Bertz CT molecular complexity index is 339. The first-order chi connectivity index (χ1) is 7.40. The van der Waals surface area contributed by atoms with Crippen molar-refractivity contribution < 1.29 is 4.74 Å². The van der Waals surface area contributed by atoms with Crippen LogP contribution >= 0.6 is 0 Å². The molecule has 92 valence electrons. The molecule has 0 radical (unpaired) electrons. The van der Waals surface area contributed by atoms with Gasteiger partial charge in [-0.05, 0) is 6.42 Å². The molecular formula is C12H23N3O. The first-order valence-electron chi connectivity index (χ1n) is 5.74. The van der Waals surface area contributed by atoms with E-state index in [1.54, 1.807) is 7.11 Å². The lowest BCUT2D eigenvalue weighted by atomic mass is 9.91. The van der Waals surface area contributed by atoms with Gasteiger partial charge in [0, 0.05) is 24.3 Å². The van der Waals surface area contributed by atoms with Crippen molar-refractivity contribution in [1.29, 1.82) is 0 Å². The fraction of sp³-hybridized carbons (Fsp3) is 0.750. The van der Waals surface area contributed by atoms with Crippen molar-refractivity contribution in [2.75, 3.05) is 19.5 Å². The third-order valence-electron chi connectivity index (χ3n) is 2.70. The first-order valence-corrected chi connectivity index (χ1v) is 5.74. The molecule has 1 atom stereocenters. The highest BCUT2D eigenvalue weighted by Crippen LogP contribution is 2.27. The first kappa shape index (κ1) is 13.0. The molecule has 1 unspecified atom stereocenters. The second-order valence-corrected chi connectivity index (χ2v) is 5.17. The van der Waals surface area contributed by atoms with Gasteiger partial charge in [0.15, 0.2) is 0 Å². The topological polar surface area (TPSA) is 53.1 Å². The zero-order valence-corrected chi connectivity index (χ0v) is 10.9. The van der Waals surface area contributed by atoms with Gasteiger partial charge < -0.3 is 10.5 Å². The van der Waals surface area contributed by atoms with Crippen molar-refractivity contribution in [3.63, 3.8) is 0 Å². The second kappa shape index (κ2) is 4.87. The van der Waals surface area contributed by atoms with E-state index >= 15 is 0 Å². The summed E-state index contributed by atoms with van der Waals surface area (Å²) >= 11 is 0. The third-order valence-corrected chi connectivity index (χ3v) is 2.70. The number of methoxy groups -OCH3 is 1. The summed E-state index contributed by atoms with van der Waals surface area (Å²) in [5, 5.41) is 4.38. The maximum atomic E-state index is 5.79. The number of nitrogens with zero attached hydrogens (tertiary/aromatic N) is 2. The molecule has 1 heterocycles. The average molecular weight is 225 g/mol. The van der Waals surface area contributed by atoms with E-state index < -0.39 is 0 Å². The highest BCUT2D eigenvalue weighted by molar-refractivity contribution is 5.33. The zero-order valence-electron chi connectivity index (χ0n) is 10.9. The molecule has 1 rings (SSSR count). The largest absolute Gasteiger partial charge is 0.382 e. The van der Waals surface area contributed by atoms with Crippen LogP contribution in [-0.2, 0) is 10.2 Å². The minimum atomic E-state index is 0.0474. The quantitative estimate of drug-likeness (QED) is 0.855. The Balaban J connectivity index is 3.11. The van der Waals surface area contributed by atoms with Crippen LogP contribution in [0.25, 0.3) is 0 Å². The van der Waals surface area contributed by atoms with Crippen LogP contribution in [0.4, 0.5) is 5.82 Å². The van der Waals surface area contributed by atoms with E-state index in [1.807, 2.05) is 10.7 Å². The maximum Gasteiger partial charge on any atom is 0.145 e. The molecule has 0 aliphatic heterocycles. The molecule has 1 aromatic rings. The van der Waals surface area contributed by atoms with E-state index in [1.165, 1.54) is 0 Å². The smallest absolute Gasteiger partial charge is 0.145 e. The van der Waals surface area contributed by atoms with Gasteiger partial charge in [-0.3, -0.25) is 4.68 Å². The summed E-state index contributed by atoms with van der Waals surface area (Å²) < 4.78 is 7.24. The number of aromatic nitrogens is 2. The van der Waals surface area contributed by atoms with E-state index in [0.29, 0.717) is 12.4 Å². The number of anilines is 1. The van der Waals surface area contributed by atoms with Gasteiger partial charge >= 0.3 is 0 Å². The summed E-state index contributed by atoms with van der Waals surface area (Å²) in [5.41, 5.74) is 7.00. The van der Waals surface area contributed by atoms with E-state index in [4.69, 9.17) is 10.5 Å². The van der Waals surface area contributed by atoms with Crippen LogP contribution in [0.3, 0.4) is 0 Å². The van der Waals surface area contributed by atoms with Gasteiger partial charge in [0.25, 0.3) is 0 Å². The maximum absolute atomic E-state index is 5.79. The summed E-state index contributed by atoms with van der Waals surface area (Å²) in [7, 11) is 1.71. The van der Waals surface area contributed by atoms with Gasteiger partial charge in [-0.25, -0.2) is 0 Å². The fourth-order valence-corrected chi connectivity index (χ4v) is 1.81. The van der Waals surface area contributed by atoms with Crippen molar-refractivity contribution in [2.24, 2.45) is 0 Å². The van der Waals surface area contributed by atoms with Gasteiger partial charge in [-0.2, -0.15) is 5.10 Å². The fourth-order valence-electron chi connectivity index (χ4n) is 1.81. The molecule has 0 spiro atoms. The Morgan fingerprint density at radius 3 is 2.56 bits per heavy atom. The van der Waals surface area contributed by atoms with Gasteiger partial charge in [0.1, 0.15) is 5.82 Å². The standard InChI is InChI=1S/C12H23N3O/c1-6-9(8-16-5)15-10(12(2,3)4)7-11(13)14-15/h7,9H,6,8H2,1-5H3,(H2,13,14). The van der Waals surface area contributed by atoms with Crippen molar-refractivity contribution in [3.8, 4) is 0 Å². The molecular weight excluding hydrogens is 202 g/mol.